The van der Waals surface area contributed by atoms with Crippen molar-refractivity contribution in [2.75, 3.05) is 12.4 Å². The van der Waals surface area contributed by atoms with Crippen molar-refractivity contribution < 1.29 is 9.53 Å². The first-order chi connectivity index (χ1) is 10.7. The first-order valence-corrected chi connectivity index (χ1v) is 6.82. The molecule has 0 saturated heterocycles. The van der Waals surface area contributed by atoms with E-state index in [1.807, 2.05) is 54.6 Å². The summed E-state index contributed by atoms with van der Waals surface area (Å²) in [5, 5.41) is 5.76. The van der Waals surface area contributed by atoms with Crippen LogP contribution in [-0.2, 0) is 4.79 Å². The summed E-state index contributed by atoms with van der Waals surface area (Å²) in [6.45, 7) is 0. The zero-order valence-electron chi connectivity index (χ0n) is 12.0. The second-order valence-corrected chi connectivity index (χ2v) is 4.71. The lowest BCUT2D eigenvalue weighted by Crippen LogP contribution is -2.29. The molecule has 0 fully saturated rings. The van der Waals surface area contributed by atoms with Crippen LogP contribution in [0, 0.1) is 0 Å². The van der Waals surface area contributed by atoms with Gasteiger partial charge in [0.25, 0.3) is 5.91 Å². The number of carbonyl (C=O) groups excluding carboxylic acids is 1. The normalized spacial score (nSPS) is 15.4. The minimum absolute atomic E-state index is 0.228. The molecule has 1 amide bonds. The predicted molar refractivity (Wildman–Crippen MR) is 86.6 cm³/mol. The number of ether oxygens (including phenoxy) is 1. The molecule has 22 heavy (non-hydrogen) atoms. The number of nitrogens with one attached hydrogen (secondary N) is 2. The van der Waals surface area contributed by atoms with Crippen LogP contribution < -0.4 is 15.4 Å². The van der Waals surface area contributed by atoms with Crippen LogP contribution in [0.15, 0.2) is 65.3 Å². The fraction of sp³-hybridized carbons (Fsp3) is 0.0588. The minimum atomic E-state index is -0.228. The third kappa shape index (κ3) is 3.15. The molecule has 0 atom stereocenters. The number of aliphatic imine (C=N–C) groups is 1. The molecule has 1 aliphatic heterocycles. The Balaban J connectivity index is 1.78. The Morgan fingerprint density at radius 3 is 2.50 bits per heavy atom. The van der Waals surface area contributed by atoms with Gasteiger partial charge >= 0.3 is 0 Å². The fourth-order valence-electron chi connectivity index (χ4n) is 2.04. The Bertz CT molecular complexity index is 734. The smallest absolute Gasteiger partial charge is 0.276 e. The molecule has 0 radical (unpaired) electrons. The summed E-state index contributed by atoms with van der Waals surface area (Å²) in [5.41, 5.74) is 2.12. The van der Waals surface area contributed by atoms with Crippen LogP contribution in [0.5, 0.6) is 5.75 Å². The first-order valence-electron chi connectivity index (χ1n) is 6.82. The summed E-state index contributed by atoms with van der Waals surface area (Å²) in [6, 6.07) is 17.0. The summed E-state index contributed by atoms with van der Waals surface area (Å²) in [6.07, 6.45) is 1.73. The number of methoxy groups -OCH3 is 1. The van der Waals surface area contributed by atoms with Crippen LogP contribution in [0.2, 0.25) is 0 Å². The van der Waals surface area contributed by atoms with Gasteiger partial charge in [0.05, 0.1) is 7.11 Å². The Kier molecular flexibility index (Phi) is 3.87. The third-order valence-electron chi connectivity index (χ3n) is 3.15. The first kappa shape index (κ1) is 13.9. The predicted octanol–water partition coefficient (Wildman–Crippen LogP) is 2.63. The molecule has 2 aromatic rings. The number of carbonyl (C=O) groups is 1. The molecule has 1 heterocycles. The highest BCUT2D eigenvalue weighted by Gasteiger charge is 2.19. The highest BCUT2D eigenvalue weighted by atomic mass is 16.5. The maximum atomic E-state index is 11.9. The second kappa shape index (κ2) is 6.13. The van der Waals surface area contributed by atoms with Crippen molar-refractivity contribution in [3.8, 4) is 5.75 Å². The van der Waals surface area contributed by atoms with Gasteiger partial charge in [-0.25, -0.2) is 4.99 Å². The van der Waals surface area contributed by atoms with Crippen LogP contribution in [0.3, 0.4) is 0 Å². The quantitative estimate of drug-likeness (QED) is 0.855. The zero-order valence-corrected chi connectivity index (χ0v) is 12.0. The van der Waals surface area contributed by atoms with Gasteiger partial charge in [-0.2, -0.15) is 0 Å². The highest BCUT2D eigenvalue weighted by Crippen LogP contribution is 2.16. The summed E-state index contributed by atoms with van der Waals surface area (Å²) in [4.78, 5) is 16.2. The van der Waals surface area contributed by atoms with E-state index in [1.54, 1.807) is 13.2 Å². The van der Waals surface area contributed by atoms with E-state index < -0.39 is 0 Å². The van der Waals surface area contributed by atoms with E-state index in [0.717, 1.165) is 17.0 Å². The van der Waals surface area contributed by atoms with Crippen molar-refractivity contribution in [1.29, 1.82) is 0 Å². The van der Waals surface area contributed by atoms with E-state index in [0.29, 0.717) is 11.7 Å². The van der Waals surface area contributed by atoms with Gasteiger partial charge in [-0.3, -0.25) is 10.1 Å². The molecule has 0 spiro atoms. The molecular weight excluding hydrogens is 278 g/mol. The maximum Gasteiger partial charge on any atom is 0.276 e. The van der Waals surface area contributed by atoms with Gasteiger partial charge in [0.15, 0.2) is 0 Å². The number of rotatable bonds is 3. The minimum Gasteiger partial charge on any atom is -0.497 e. The number of hydrogen-bond acceptors (Lipinski definition) is 4. The van der Waals surface area contributed by atoms with Crippen molar-refractivity contribution >= 4 is 23.6 Å². The number of amides is 1. The van der Waals surface area contributed by atoms with E-state index >= 15 is 0 Å². The van der Waals surface area contributed by atoms with Gasteiger partial charge in [-0.1, -0.05) is 30.3 Å². The molecule has 5 heteroatoms. The topological polar surface area (TPSA) is 62.7 Å². The Morgan fingerprint density at radius 2 is 1.82 bits per heavy atom. The second-order valence-electron chi connectivity index (χ2n) is 4.71. The van der Waals surface area contributed by atoms with Crippen LogP contribution in [0.1, 0.15) is 5.56 Å². The van der Waals surface area contributed by atoms with E-state index in [2.05, 4.69) is 15.6 Å². The standard InChI is InChI=1S/C17H15N3O2/c1-22-14-9-7-12(8-10-14)11-15-16(21)20-17(19-15)18-13-5-3-2-4-6-13/h2-11H,1H3,(H2,18,19,20,21)/b15-11-. The molecule has 3 rings (SSSR count). The van der Waals surface area contributed by atoms with Crippen molar-refractivity contribution in [2.24, 2.45) is 4.99 Å². The van der Waals surface area contributed by atoms with E-state index in [9.17, 15) is 4.79 Å². The lowest BCUT2D eigenvalue weighted by Gasteiger charge is -2.03. The number of hydrogen-bond donors (Lipinski definition) is 2. The molecule has 0 aromatic heterocycles. The SMILES string of the molecule is COc1ccc(/C=C2\N=C(Nc3ccccc3)NC2=O)cc1. The Labute approximate surface area is 128 Å². The highest BCUT2D eigenvalue weighted by molar-refractivity contribution is 6.17. The maximum absolute atomic E-state index is 11.9. The Morgan fingerprint density at radius 1 is 1.09 bits per heavy atom. The summed E-state index contributed by atoms with van der Waals surface area (Å²) in [7, 11) is 1.61. The van der Waals surface area contributed by atoms with Gasteiger partial charge in [0.2, 0.25) is 5.96 Å². The lowest BCUT2D eigenvalue weighted by molar-refractivity contribution is -0.115. The van der Waals surface area contributed by atoms with Gasteiger partial charge in [0, 0.05) is 5.69 Å². The van der Waals surface area contributed by atoms with E-state index in [-0.39, 0.29) is 5.91 Å². The fourth-order valence-corrected chi connectivity index (χ4v) is 2.04. The zero-order chi connectivity index (χ0) is 15.4. The van der Waals surface area contributed by atoms with Crippen LogP contribution in [-0.4, -0.2) is 19.0 Å². The molecule has 0 aliphatic carbocycles. The average Bonchev–Trinajstić information content (AvgIpc) is 2.88. The molecule has 5 nitrogen and oxygen atoms in total. The van der Waals surface area contributed by atoms with Gasteiger partial charge in [0.1, 0.15) is 11.4 Å². The number of nitrogens with zero attached hydrogens (tertiary/aromatic N) is 1. The number of benzene rings is 2. The van der Waals surface area contributed by atoms with Crippen molar-refractivity contribution in [1.82, 2.24) is 5.32 Å². The van der Waals surface area contributed by atoms with Gasteiger partial charge < -0.3 is 10.1 Å². The number of guanidine groups is 1. The number of anilines is 1. The molecule has 2 N–H and O–H groups in total. The molecule has 0 saturated carbocycles. The van der Waals surface area contributed by atoms with Crippen LogP contribution in [0.4, 0.5) is 5.69 Å². The van der Waals surface area contributed by atoms with E-state index in [1.165, 1.54) is 0 Å². The number of para-hydroxylation sites is 1. The molecule has 1 aliphatic rings. The van der Waals surface area contributed by atoms with Crippen LogP contribution in [0.25, 0.3) is 6.08 Å². The lowest BCUT2D eigenvalue weighted by atomic mass is 10.2. The monoisotopic (exact) mass is 293 g/mol. The molecular formula is C17H15N3O2. The molecule has 0 bridgehead atoms. The molecule has 0 unspecified atom stereocenters. The van der Waals surface area contributed by atoms with Crippen molar-refractivity contribution in [3.05, 3.63) is 65.9 Å². The largest absolute Gasteiger partial charge is 0.497 e. The summed E-state index contributed by atoms with van der Waals surface area (Å²) < 4.78 is 5.11. The Hall–Kier alpha value is -3.08. The third-order valence-corrected chi connectivity index (χ3v) is 3.15. The van der Waals surface area contributed by atoms with Crippen molar-refractivity contribution in [3.63, 3.8) is 0 Å². The average molecular weight is 293 g/mol. The molecule has 110 valence electrons. The summed E-state index contributed by atoms with van der Waals surface area (Å²) in [5.74, 6) is 0.971. The molecule has 2 aromatic carbocycles. The van der Waals surface area contributed by atoms with Gasteiger partial charge in [-0.05, 0) is 35.9 Å². The van der Waals surface area contributed by atoms with Crippen molar-refractivity contribution in [2.45, 2.75) is 0 Å². The van der Waals surface area contributed by atoms with Gasteiger partial charge in [-0.15, -0.1) is 0 Å². The summed E-state index contributed by atoms with van der Waals surface area (Å²) >= 11 is 0. The van der Waals surface area contributed by atoms with E-state index in [4.69, 9.17) is 4.74 Å². The van der Waals surface area contributed by atoms with Crippen LogP contribution >= 0.6 is 0 Å².